The molecule has 27 heavy (non-hydrogen) atoms. The summed E-state index contributed by atoms with van der Waals surface area (Å²) in [6.07, 6.45) is -1.20. The molecule has 0 spiro atoms. The van der Waals surface area contributed by atoms with Crippen LogP contribution in [0.1, 0.15) is 24.2 Å². The van der Waals surface area contributed by atoms with E-state index in [0.29, 0.717) is 0 Å². The standard InChI is InChI=1S/C18H17FN2O6/c1-3-26-16-8-7-12(9-15(16)21(24)25)18(23)27-11(2)17(22)20-14-6-4-5-13(19)10-14/h4-11H,3H2,1-2H3,(H,20,22)/t11-/m1/s1. The molecule has 0 aliphatic heterocycles. The van der Waals surface area contributed by atoms with E-state index in [1.165, 1.54) is 37.3 Å². The Kier molecular flexibility index (Phi) is 6.42. The number of hydrogen-bond donors (Lipinski definition) is 1. The Hall–Kier alpha value is -3.49. The van der Waals surface area contributed by atoms with Gasteiger partial charge in [0.15, 0.2) is 11.9 Å². The number of anilines is 1. The predicted octanol–water partition coefficient (Wildman–Crippen LogP) is 3.32. The quantitative estimate of drug-likeness (QED) is 0.451. The molecule has 0 saturated carbocycles. The van der Waals surface area contributed by atoms with E-state index in [4.69, 9.17) is 9.47 Å². The highest BCUT2D eigenvalue weighted by Crippen LogP contribution is 2.28. The van der Waals surface area contributed by atoms with Gasteiger partial charge in [-0.3, -0.25) is 14.9 Å². The largest absolute Gasteiger partial charge is 0.487 e. The molecule has 0 heterocycles. The number of carbonyl (C=O) groups is 2. The van der Waals surface area contributed by atoms with Gasteiger partial charge in [-0.15, -0.1) is 0 Å². The van der Waals surface area contributed by atoms with Gasteiger partial charge < -0.3 is 14.8 Å². The number of carbonyl (C=O) groups excluding carboxylic acids is 2. The lowest BCUT2D eigenvalue weighted by Gasteiger charge is -2.14. The number of hydrogen-bond acceptors (Lipinski definition) is 6. The van der Waals surface area contributed by atoms with Crippen LogP contribution in [0.15, 0.2) is 42.5 Å². The zero-order chi connectivity index (χ0) is 20.0. The number of benzene rings is 2. The van der Waals surface area contributed by atoms with Gasteiger partial charge in [0.25, 0.3) is 5.91 Å². The SMILES string of the molecule is CCOc1ccc(C(=O)O[C@H](C)C(=O)Nc2cccc(F)c2)cc1[N+](=O)[O-]. The first-order chi connectivity index (χ1) is 12.8. The highest BCUT2D eigenvalue weighted by Gasteiger charge is 2.23. The lowest BCUT2D eigenvalue weighted by Crippen LogP contribution is -2.30. The fraction of sp³-hybridized carbons (Fsp3) is 0.222. The van der Waals surface area contributed by atoms with Crippen molar-refractivity contribution in [2.24, 2.45) is 0 Å². The summed E-state index contributed by atoms with van der Waals surface area (Å²) in [5.41, 5.74) is -0.279. The maximum absolute atomic E-state index is 13.1. The van der Waals surface area contributed by atoms with E-state index in [1.54, 1.807) is 6.92 Å². The van der Waals surface area contributed by atoms with Gasteiger partial charge in [0.2, 0.25) is 0 Å². The summed E-state index contributed by atoms with van der Waals surface area (Å²) in [6.45, 7) is 3.22. The van der Waals surface area contributed by atoms with Gasteiger partial charge in [-0.2, -0.15) is 0 Å². The molecule has 142 valence electrons. The average molecular weight is 376 g/mol. The van der Waals surface area contributed by atoms with E-state index in [2.05, 4.69) is 5.32 Å². The van der Waals surface area contributed by atoms with Crippen molar-refractivity contribution in [3.63, 3.8) is 0 Å². The molecule has 1 amide bonds. The van der Waals surface area contributed by atoms with E-state index in [9.17, 15) is 24.1 Å². The molecule has 0 radical (unpaired) electrons. The minimum absolute atomic E-state index is 0.0240. The van der Waals surface area contributed by atoms with Crippen molar-refractivity contribution < 1.29 is 28.4 Å². The number of nitro benzene ring substituents is 1. The van der Waals surface area contributed by atoms with Crippen LogP contribution in [0.2, 0.25) is 0 Å². The smallest absolute Gasteiger partial charge is 0.339 e. The number of rotatable bonds is 7. The van der Waals surface area contributed by atoms with E-state index in [0.717, 1.165) is 12.1 Å². The summed E-state index contributed by atoms with van der Waals surface area (Å²) in [5, 5.41) is 13.5. The zero-order valence-electron chi connectivity index (χ0n) is 14.6. The van der Waals surface area contributed by atoms with Crippen LogP contribution in [0.25, 0.3) is 0 Å². The van der Waals surface area contributed by atoms with Crippen LogP contribution in [-0.2, 0) is 9.53 Å². The van der Waals surface area contributed by atoms with Gasteiger partial charge >= 0.3 is 11.7 Å². The Labute approximate surface area is 154 Å². The Morgan fingerprint density at radius 2 is 2.00 bits per heavy atom. The van der Waals surface area contributed by atoms with Crippen molar-refractivity contribution >= 4 is 23.3 Å². The second kappa shape index (κ2) is 8.75. The number of esters is 1. The summed E-state index contributed by atoms with van der Waals surface area (Å²) < 4.78 is 23.3. The van der Waals surface area contributed by atoms with Crippen LogP contribution >= 0.6 is 0 Å². The molecule has 0 aliphatic rings. The lowest BCUT2D eigenvalue weighted by molar-refractivity contribution is -0.385. The van der Waals surface area contributed by atoms with E-state index in [1.807, 2.05) is 0 Å². The third-order valence-corrected chi connectivity index (χ3v) is 3.44. The van der Waals surface area contributed by atoms with Gasteiger partial charge in [-0.1, -0.05) is 6.07 Å². The molecule has 0 saturated heterocycles. The Morgan fingerprint density at radius 1 is 1.26 bits per heavy atom. The minimum atomic E-state index is -1.20. The molecule has 2 aromatic rings. The van der Waals surface area contributed by atoms with Crippen LogP contribution < -0.4 is 10.1 Å². The summed E-state index contributed by atoms with van der Waals surface area (Å²) >= 11 is 0. The number of nitrogens with one attached hydrogen (secondary N) is 1. The van der Waals surface area contributed by atoms with Crippen LogP contribution in [0.4, 0.5) is 15.8 Å². The summed E-state index contributed by atoms with van der Waals surface area (Å²) in [6, 6.07) is 8.84. The van der Waals surface area contributed by atoms with Gasteiger partial charge in [0, 0.05) is 11.8 Å². The molecule has 9 heteroatoms. The molecule has 8 nitrogen and oxygen atoms in total. The second-order valence-corrected chi connectivity index (χ2v) is 5.42. The topological polar surface area (TPSA) is 108 Å². The first-order valence-corrected chi connectivity index (χ1v) is 8.00. The molecule has 0 bridgehead atoms. The average Bonchev–Trinajstić information content (AvgIpc) is 2.62. The van der Waals surface area contributed by atoms with Gasteiger partial charge in [-0.25, -0.2) is 9.18 Å². The third kappa shape index (κ3) is 5.24. The molecular weight excluding hydrogens is 359 g/mol. The molecule has 2 rings (SSSR count). The molecular formula is C18H17FN2O6. The van der Waals surface area contributed by atoms with E-state index >= 15 is 0 Å². The molecule has 1 atom stereocenters. The Balaban J connectivity index is 2.08. The zero-order valence-corrected chi connectivity index (χ0v) is 14.6. The van der Waals surface area contributed by atoms with Crippen molar-refractivity contribution in [2.75, 3.05) is 11.9 Å². The monoisotopic (exact) mass is 376 g/mol. The van der Waals surface area contributed by atoms with Gasteiger partial charge in [0.05, 0.1) is 17.1 Å². The predicted molar refractivity (Wildman–Crippen MR) is 94.2 cm³/mol. The van der Waals surface area contributed by atoms with Crippen molar-refractivity contribution in [3.8, 4) is 5.75 Å². The molecule has 0 aromatic heterocycles. The van der Waals surface area contributed by atoms with Crippen molar-refractivity contribution in [3.05, 3.63) is 64.0 Å². The van der Waals surface area contributed by atoms with Crippen LogP contribution in [0.3, 0.4) is 0 Å². The molecule has 2 aromatic carbocycles. The Bertz CT molecular complexity index is 871. The number of halogens is 1. The third-order valence-electron chi connectivity index (χ3n) is 3.44. The first-order valence-electron chi connectivity index (χ1n) is 8.00. The van der Waals surface area contributed by atoms with Crippen molar-refractivity contribution in [1.82, 2.24) is 0 Å². The van der Waals surface area contributed by atoms with Crippen LogP contribution in [-0.4, -0.2) is 29.5 Å². The number of nitro groups is 1. The minimum Gasteiger partial charge on any atom is -0.487 e. The summed E-state index contributed by atoms with van der Waals surface area (Å²) in [7, 11) is 0. The van der Waals surface area contributed by atoms with E-state index < -0.39 is 28.7 Å². The second-order valence-electron chi connectivity index (χ2n) is 5.42. The van der Waals surface area contributed by atoms with E-state index in [-0.39, 0.29) is 29.3 Å². The van der Waals surface area contributed by atoms with Crippen molar-refractivity contribution in [1.29, 1.82) is 0 Å². The maximum atomic E-state index is 13.1. The van der Waals surface area contributed by atoms with Gasteiger partial charge in [-0.05, 0) is 44.2 Å². The number of nitrogens with zero attached hydrogens (tertiary/aromatic N) is 1. The first kappa shape index (κ1) is 19.8. The molecule has 0 fully saturated rings. The van der Waals surface area contributed by atoms with Crippen molar-refractivity contribution in [2.45, 2.75) is 20.0 Å². The highest BCUT2D eigenvalue weighted by atomic mass is 19.1. The van der Waals surface area contributed by atoms with Crippen LogP contribution in [0, 0.1) is 15.9 Å². The van der Waals surface area contributed by atoms with Gasteiger partial charge in [0.1, 0.15) is 5.82 Å². The molecule has 0 aliphatic carbocycles. The number of ether oxygens (including phenoxy) is 2. The maximum Gasteiger partial charge on any atom is 0.339 e. The summed E-state index contributed by atoms with van der Waals surface area (Å²) in [5.74, 6) is -2.09. The fourth-order valence-corrected chi connectivity index (χ4v) is 2.16. The normalized spacial score (nSPS) is 11.4. The number of amides is 1. The lowest BCUT2D eigenvalue weighted by atomic mass is 10.2. The van der Waals surface area contributed by atoms with Crippen LogP contribution in [0.5, 0.6) is 5.75 Å². The highest BCUT2D eigenvalue weighted by molar-refractivity contribution is 5.97. The molecule has 0 unspecified atom stereocenters. The summed E-state index contributed by atoms with van der Waals surface area (Å²) in [4.78, 5) is 34.7. The fourth-order valence-electron chi connectivity index (χ4n) is 2.16. The molecule has 1 N–H and O–H groups in total. The Morgan fingerprint density at radius 3 is 2.63 bits per heavy atom.